The quantitative estimate of drug-likeness (QED) is 0.862. The van der Waals surface area contributed by atoms with Gasteiger partial charge in [0.2, 0.25) is 17.7 Å². The molecule has 0 aromatic carbocycles. The Hall–Kier alpha value is -2.11. The minimum absolute atomic E-state index is 0.102. The smallest absolute Gasteiger partial charge is 0.226 e. The van der Waals surface area contributed by atoms with E-state index in [1.54, 1.807) is 18.5 Å². The summed E-state index contributed by atoms with van der Waals surface area (Å²) < 4.78 is 10.9. The minimum atomic E-state index is -0.102. The molecule has 0 saturated carbocycles. The molecule has 0 aliphatic heterocycles. The Morgan fingerprint density at radius 3 is 2.95 bits per heavy atom. The van der Waals surface area contributed by atoms with Crippen molar-refractivity contribution in [1.82, 2.24) is 15.0 Å². The van der Waals surface area contributed by atoms with Crippen molar-refractivity contribution in [3.05, 3.63) is 30.1 Å². The van der Waals surface area contributed by atoms with Crippen LogP contribution in [-0.2, 0) is 0 Å². The molecule has 19 heavy (non-hydrogen) atoms. The summed E-state index contributed by atoms with van der Waals surface area (Å²) >= 11 is 0. The highest BCUT2D eigenvalue weighted by Gasteiger charge is 2.12. The van der Waals surface area contributed by atoms with Crippen LogP contribution in [0.5, 0.6) is 5.88 Å². The second-order valence-electron chi connectivity index (χ2n) is 4.24. The fourth-order valence-electron chi connectivity index (χ4n) is 1.53. The van der Waals surface area contributed by atoms with Gasteiger partial charge in [0.05, 0.1) is 12.8 Å². The molecule has 6 heteroatoms. The molecule has 1 N–H and O–H groups in total. The molecule has 0 spiro atoms. The number of aryl methyl sites for hydroxylation is 1. The molecule has 2 heterocycles. The molecule has 0 aliphatic carbocycles. The average Bonchev–Trinajstić information content (AvgIpc) is 2.83. The van der Waals surface area contributed by atoms with Gasteiger partial charge in [-0.1, -0.05) is 6.92 Å². The van der Waals surface area contributed by atoms with Gasteiger partial charge in [0, 0.05) is 12.3 Å². The Bertz CT molecular complexity index is 527. The molecule has 0 fully saturated rings. The predicted octanol–water partition coefficient (Wildman–Crippen LogP) is 2.73. The third-order valence-corrected chi connectivity index (χ3v) is 2.44. The van der Waals surface area contributed by atoms with E-state index < -0.39 is 0 Å². The Morgan fingerprint density at radius 1 is 1.42 bits per heavy atom. The van der Waals surface area contributed by atoms with Crippen molar-refractivity contribution in [2.24, 2.45) is 0 Å². The highest BCUT2D eigenvalue weighted by Crippen LogP contribution is 2.17. The monoisotopic (exact) mass is 262 g/mol. The first-order valence-electron chi connectivity index (χ1n) is 6.33. The van der Waals surface area contributed by atoms with Crippen LogP contribution in [0.1, 0.15) is 38.0 Å². The number of ether oxygens (including phenoxy) is 1. The number of rotatable bonds is 6. The van der Waals surface area contributed by atoms with E-state index in [1.165, 1.54) is 0 Å². The van der Waals surface area contributed by atoms with E-state index in [2.05, 4.69) is 20.3 Å². The highest BCUT2D eigenvalue weighted by atomic mass is 16.5. The summed E-state index contributed by atoms with van der Waals surface area (Å²) in [5.74, 6) is 2.46. The number of hydrogen-bond donors (Lipinski definition) is 1. The van der Waals surface area contributed by atoms with Gasteiger partial charge in [-0.05, 0) is 20.3 Å². The van der Waals surface area contributed by atoms with Crippen molar-refractivity contribution in [3.8, 4) is 5.88 Å². The lowest BCUT2D eigenvalue weighted by Crippen LogP contribution is -2.10. The van der Waals surface area contributed by atoms with Crippen LogP contribution in [-0.4, -0.2) is 21.6 Å². The van der Waals surface area contributed by atoms with Gasteiger partial charge in [-0.25, -0.2) is 9.97 Å². The lowest BCUT2D eigenvalue weighted by Gasteiger charge is -2.11. The molecular formula is C13H18N4O2. The van der Waals surface area contributed by atoms with Crippen molar-refractivity contribution in [3.63, 3.8) is 0 Å². The van der Waals surface area contributed by atoms with Crippen molar-refractivity contribution in [2.75, 3.05) is 11.9 Å². The van der Waals surface area contributed by atoms with E-state index in [9.17, 15) is 0 Å². The van der Waals surface area contributed by atoms with E-state index >= 15 is 0 Å². The maximum Gasteiger partial charge on any atom is 0.226 e. The molecule has 0 radical (unpaired) electrons. The molecule has 2 aromatic heterocycles. The summed E-state index contributed by atoms with van der Waals surface area (Å²) in [5, 5.41) is 3.13. The van der Waals surface area contributed by atoms with Gasteiger partial charge in [0.25, 0.3) is 0 Å². The van der Waals surface area contributed by atoms with Gasteiger partial charge >= 0.3 is 0 Å². The van der Waals surface area contributed by atoms with Gasteiger partial charge in [0.1, 0.15) is 11.8 Å². The Balaban J connectivity index is 2.02. The van der Waals surface area contributed by atoms with Crippen LogP contribution in [0.25, 0.3) is 0 Å². The van der Waals surface area contributed by atoms with Gasteiger partial charge in [-0.3, -0.25) is 0 Å². The second kappa shape index (κ2) is 6.17. The van der Waals surface area contributed by atoms with E-state index in [1.807, 2.05) is 20.8 Å². The zero-order valence-electron chi connectivity index (χ0n) is 11.4. The minimum Gasteiger partial charge on any atom is -0.478 e. The van der Waals surface area contributed by atoms with Crippen LogP contribution in [0.3, 0.4) is 0 Å². The van der Waals surface area contributed by atoms with Crippen molar-refractivity contribution >= 4 is 5.95 Å². The number of nitrogens with one attached hydrogen (secondary N) is 1. The third kappa shape index (κ3) is 3.67. The van der Waals surface area contributed by atoms with E-state index in [-0.39, 0.29) is 6.04 Å². The molecular weight excluding hydrogens is 244 g/mol. The molecule has 0 aliphatic rings. The summed E-state index contributed by atoms with van der Waals surface area (Å²) in [6.45, 7) is 6.49. The zero-order valence-corrected chi connectivity index (χ0v) is 11.4. The predicted molar refractivity (Wildman–Crippen MR) is 71.1 cm³/mol. The summed E-state index contributed by atoms with van der Waals surface area (Å²) in [4.78, 5) is 12.6. The standard InChI is InChI=1S/C13H18N4O2/c1-4-7-18-11-5-6-14-13(17-11)16-10(3)12-15-8-9(2)19-12/h5-6,8,10H,4,7H2,1-3H3,(H,14,16,17). The maximum absolute atomic E-state index is 5.46. The van der Waals surface area contributed by atoms with Crippen LogP contribution in [0.4, 0.5) is 5.95 Å². The van der Waals surface area contributed by atoms with E-state index in [0.29, 0.717) is 24.3 Å². The number of hydrogen-bond acceptors (Lipinski definition) is 6. The molecule has 102 valence electrons. The summed E-state index contributed by atoms with van der Waals surface area (Å²) in [5.41, 5.74) is 0. The fourth-order valence-corrected chi connectivity index (χ4v) is 1.53. The van der Waals surface area contributed by atoms with Gasteiger partial charge in [-0.15, -0.1) is 0 Å². The number of aromatic nitrogens is 3. The zero-order chi connectivity index (χ0) is 13.7. The van der Waals surface area contributed by atoms with Crippen LogP contribution in [0.15, 0.2) is 22.9 Å². The molecule has 2 aromatic rings. The molecule has 0 bridgehead atoms. The second-order valence-corrected chi connectivity index (χ2v) is 4.24. The number of nitrogens with zero attached hydrogens (tertiary/aromatic N) is 3. The lowest BCUT2D eigenvalue weighted by atomic mass is 10.3. The van der Waals surface area contributed by atoms with Crippen LogP contribution >= 0.6 is 0 Å². The van der Waals surface area contributed by atoms with Crippen LogP contribution in [0.2, 0.25) is 0 Å². The summed E-state index contributed by atoms with van der Waals surface area (Å²) in [6, 6.07) is 1.64. The molecule has 1 atom stereocenters. The molecule has 1 unspecified atom stereocenters. The highest BCUT2D eigenvalue weighted by molar-refractivity contribution is 5.29. The Kier molecular flexibility index (Phi) is 4.33. The first-order chi connectivity index (χ1) is 9.19. The SMILES string of the molecule is CCCOc1ccnc(NC(C)c2ncc(C)o2)n1. The summed E-state index contributed by atoms with van der Waals surface area (Å²) in [7, 11) is 0. The van der Waals surface area contributed by atoms with Crippen molar-refractivity contribution < 1.29 is 9.15 Å². The molecule has 6 nitrogen and oxygen atoms in total. The lowest BCUT2D eigenvalue weighted by molar-refractivity contribution is 0.305. The van der Waals surface area contributed by atoms with Crippen molar-refractivity contribution in [2.45, 2.75) is 33.2 Å². The van der Waals surface area contributed by atoms with Gasteiger partial charge in [-0.2, -0.15) is 4.98 Å². The maximum atomic E-state index is 5.46. The summed E-state index contributed by atoms with van der Waals surface area (Å²) in [6.07, 6.45) is 4.29. The molecule has 0 amide bonds. The van der Waals surface area contributed by atoms with E-state index in [4.69, 9.17) is 9.15 Å². The average molecular weight is 262 g/mol. The fraction of sp³-hybridized carbons (Fsp3) is 0.462. The van der Waals surface area contributed by atoms with Crippen LogP contribution in [0, 0.1) is 6.92 Å². The number of anilines is 1. The Labute approximate surface area is 112 Å². The normalized spacial score (nSPS) is 12.2. The van der Waals surface area contributed by atoms with Gasteiger partial charge in [0.15, 0.2) is 0 Å². The molecule has 2 rings (SSSR count). The van der Waals surface area contributed by atoms with E-state index in [0.717, 1.165) is 12.2 Å². The Morgan fingerprint density at radius 2 is 2.26 bits per heavy atom. The number of oxazole rings is 1. The largest absolute Gasteiger partial charge is 0.478 e. The van der Waals surface area contributed by atoms with Crippen LogP contribution < -0.4 is 10.1 Å². The first kappa shape index (κ1) is 13.3. The third-order valence-electron chi connectivity index (χ3n) is 2.44. The van der Waals surface area contributed by atoms with Gasteiger partial charge < -0.3 is 14.5 Å². The van der Waals surface area contributed by atoms with Crippen molar-refractivity contribution in [1.29, 1.82) is 0 Å². The first-order valence-corrected chi connectivity index (χ1v) is 6.33. The molecule has 0 saturated heterocycles. The topological polar surface area (TPSA) is 73.1 Å².